The van der Waals surface area contributed by atoms with Gasteiger partial charge in [-0.3, -0.25) is 4.79 Å². The van der Waals surface area contributed by atoms with Gasteiger partial charge in [-0.2, -0.15) is 5.26 Å². The molecule has 1 aliphatic heterocycles. The van der Waals surface area contributed by atoms with Gasteiger partial charge in [0.25, 0.3) is 0 Å². The molecular formula is C23H26N4O2S. The number of hydrogen-bond donors (Lipinski definition) is 1. The molecule has 0 radical (unpaired) electrons. The number of anilines is 2. The lowest BCUT2D eigenvalue weighted by Crippen LogP contribution is -2.36. The second kappa shape index (κ2) is 9.50. The first-order valence-corrected chi connectivity index (χ1v) is 11.3. The van der Waals surface area contributed by atoms with E-state index in [4.69, 9.17) is 9.72 Å². The Morgan fingerprint density at radius 1 is 1.23 bits per heavy atom. The summed E-state index contributed by atoms with van der Waals surface area (Å²) in [6.45, 7) is 5.11. The average Bonchev–Trinajstić information content (AvgIpc) is 2.79. The summed E-state index contributed by atoms with van der Waals surface area (Å²) in [6.07, 6.45) is 4.21. The van der Waals surface area contributed by atoms with Crippen LogP contribution >= 0.6 is 11.8 Å². The van der Waals surface area contributed by atoms with Crippen LogP contribution in [-0.2, 0) is 22.4 Å². The van der Waals surface area contributed by atoms with Crippen LogP contribution in [0.2, 0.25) is 0 Å². The molecule has 1 aliphatic carbocycles. The molecule has 2 aromatic rings. The zero-order chi connectivity index (χ0) is 20.9. The molecule has 1 saturated heterocycles. The fourth-order valence-electron chi connectivity index (χ4n) is 3.83. The SMILES string of the molecule is CC(Sc1nc2c(cc1C#N)CCCC2)C(=O)Nc1ccc(N2CCOCC2)cc1. The van der Waals surface area contributed by atoms with Gasteiger partial charge >= 0.3 is 0 Å². The van der Waals surface area contributed by atoms with Crippen LogP contribution < -0.4 is 10.2 Å². The number of carbonyl (C=O) groups excluding carboxylic acids is 1. The van der Waals surface area contributed by atoms with Crippen LogP contribution in [-0.4, -0.2) is 42.4 Å². The Morgan fingerprint density at radius 3 is 2.70 bits per heavy atom. The zero-order valence-electron chi connectivity index (χ0n) is 17.2. The quantitative estimate of drug-likeness (QED) is 0.739. The molecule has 1 amide bonds. The number of thioether (sulfide) groups is 1. The van der Waals surface area contributed by atoms with Crippen molar-refractivity contribution in [2.24, 2.45) is 0 Å². The van der Waals surface area contributed by atoms with E-state index >= 15 is 0 Å². The van der Waals surface area contributed by atoms with E-state index in [1.165, 1.54) is 17.3 Å². The van der Waals surface area contributed by atoms with E-state index in [0.29, 0.717) is 10.6 Å². The van der Waals surface area contributed by atoms with E-state index in [-0.39, 0.29) is 11.2 Å². The third-order valence-electron chi connectivity index (χ3n) is 5.56. The van der Waals surface area contributed by atoms with Crippen LogP contribution in [0.3, 0.4) is 0 Å². The molecule has 1 unspecified atom stereocenters. The summed E-state index contributed by atoms with van der Waals surface area (Å²) in [6, 6.07) is 12.1. The molecule has 4 rings (SSSR count). The number of ether oxygens (including phenoxy) is 1. The Hall–Kier alpha value is -2.56. The lowest BCUT2D eigenvalue weighted by molar-refractivity contribution is -0.115. The predicted molar refractivity (Wildman–Crippen MR) is 119 cm³/mol. The molecule has 7 heteroatoms. The van der Waals surface area contributed by atoms with Crippen molar-refractivity contribution in [1.82, 2.24) is 4.98 Å². The second-order valence-corrected chi connectivity index (χ2v) is 8.99. The molecule has 6 nitrogen and oxygen atoms in total. The van der Waals surface area contributed by atoms with Crippen LogP contribution in [0.25, 0.3) is 0 Å². The molecule has 156 valence electrons. The van der Waals surface area contributed by atoms with Crippen LogP contribution in [0.4, 0.5) is 11.4 Å². The highest BCUT2D eigenvalue weighted by Gasteiger charge is 2.21. The summed E-state index contributed by atoms with van der Waals surface area (Å²) >= 11 is 1.35. The maximum absolute atomic E-state index is 12.7. The second-order valence-electron chi connectivity index (χ2n) is 7.66. The Kier molecular flexibility index (Phi) is 6.56. The fraction of sp³-hybridized carbons (Fsp3) is 0.435. The van der Waals surface area contributed by atoms with Gasteiger partial charge in [0.2, 0.25) is 5.91 Å². The number of fused-ring (bicyclic) bond motifs is 1. The maximum atomic E-state index is 12.7. The molecule has 0 saturated carbocycles. The van der Waals surface area contributed by atoms with Gasteiger partial charge in [0, 0.05) is 30.2 Å². The summed E-state index contributed by atoms with van der Waals surface area (Å²) in [7, 11) is 0. The lowest BCUT2D eigenvalue weighted by atomic mass is 9.95. The van der Waals surface area contributed by atoms with Crippen molar-refractivity contribution < 1.29 is 9.53 Å². The van der Waals surface area contributed by atoms with Crippen molar-refractivity contribution >= 4 is 29.0 Å². The Balaban J connectivity index is 1.40. The standard InChI is InChI=1S/C23H26N4O2S/c1-16(30-23-18(15-24)14-17-4-2-3-5-21(17)26-23)22(28)25-19-6-8-20(9-7-19)27-10-12-29-13-11-27/h6-9,14,16H,2-5,10-13H2,1H3,(H,25,28). The molecular weight excluding hydrogens is 396 g/mol. The highest BCUT2D eigenvalue weighted by atomic mass is 32.2. The number of pyridine rings is 1. The van der Waals surface area contributed by atoms with Crippen molar-refractivity contribution in [2.45, 2.75) is 42.9 Å². The number of aryl methyl sites for hydroxylation is 2. The first-order valence-electron chi connectivity index (χ1n) is 10.5. The molecule has 1 atom stereocenters. The number of nitrogens with one attached hydrogen (secondary N) is 1. The highest BCUT2D eigenvalue weighted by Crippen LogP contribution is 2.30. The van der Waals surface area contributed by atoms with Crippen molar-refractivity contribution in [3.63, 3.8) is 0 Å². The minimum Gasteiger partial charge on any atom is -0.378 e. The van der Waals surface area contributed by atoms with Crippen LogP contribution in [0.15, 0.2) is 35.4 Å². The van der Waals surface area contributed by atoms with Crippen molar-refractivity contribution in [3.8, 4) is 6.07 Å². The highest BCUT2D eigenvalue weighted by molar-refractivity contribution is 8.00. The summed E-state index contributed by atoms with van der Waals surface area (Å²) in [4.78, 5) is 19.7. The van der Waals surface area contributed by atoms with Gasteiger partial charge in [-0.05, 0) is 68.5 Å². The molecule has 2 aliphatic rings. The maximum Gasteiger partial charge on any atom is 0.237 e. The van der Waals surface area contributed by atoms with Gasteiger partial charge in [-0.25, -0.2) is 4.98 Å². The van der Waals surface area contributed by atoms with Crippen LogP contribution in [0.1, 0.15) is 36.6 Å². The largest absolute Gasteiger partial charge is 0.378 e. The van der Waals surface area contributed by atoms with Gasteiger partial charge in [-0.1, -0.05) is 11.8 Å². The number of nitriles is 1. The number of carbonyl (C=O) groups is 1. The van der Waals surface area contributed by atoms with Crippen molar-refractivity contribution in [3.05, 3.63) is 47.2 Å². The smallest absolute Gasteiger partial charge is 0.237 e. The molecule has 1 N–H and O–H groups in total. The minimum atomic E-state index is -0.356. The van der Waals surface area contributed by atoms with E-state index < -0.39 is 0 Å². The number of hydrogen-bond acceptors (Lipinski definition) is 6. The monoisotopic (exact) mass is 422 g/mol. The van der Waals surface area contributed by atoms with E-state index in [0.717, 1.165) is 69.1 Å². The minimum absolute atomic E-state index is 0.0949. The summed E-state index contributed by atoms with van der Waals surface area (Å²) in [5.74, 6) is -0.0949. The first-order chi connectivity index (χ1) is 14.6. The van der Waals surface area contributed by atoms with E-state index in [9.17, 15) is 10.1 Å². The summed E-state index contributed by atoms with van der Waals surface area (Å²) < 4.78 is 5.39. The summed E-state index contributed by atoms with van der Waals surface area (Å²) in [5, 5.41) is 12.8. The number of amides is 1. The number of aromatic nitrogens is 1. The van der Waals surface area contributed by atoms with Gasteiger partial charge in [0.05, 0.1) is 24.0 Å². The summed E-state index contributed by atoms with van der Waals surface area (Å²) in [5.41, 5.74) is 4.72. The van der Waals surface area contributed by atoms with E-state index in [1.807, 2.05) is 37.3 Å². The fourth-order valence-corrected chi connectivity index (χ4v) is 4.72. The van der Waals surface area contributed by atoms with Gasteiger partial charge in [0.1, 0.15) is 11.1 Å². The van der Waals surface area contributed by atoms with E-state index in [1.54, 1.807) is 0 Å². The molecule has 30 heavy (non-hydrogen) atoms. The number of morpholine rings is 1. The van der Waals surface area contributed by atoms with Crippen molar-refractivity contribution in [2.75, 3.05) is 36.5 Å². The number of benzene rings is 1. The van der Waals surface area contributed by atoms with Gasteiger partial charge in [-0.15, -0.1) is 0 Å². The molecule has 0 spiro atoms. The Labute approximate surface area is 181 Å². The number of nitrogens with zero attached hydrogens (tertiary/aromatic N) is 3. The number of rotatable bonds is 5. The predicted octanol–water partition coefficient (Wildman–Crippen LogP) is 3.79. The zero-order valence-corrected chi connectivity index (χ0v) is 18.0. The molecule has 0 bridgehead atoms. The van der Waals surface area contributed by atoms with Crippen molar-refractivity contribution in [1.29, 1.82) is 5.26 Å². The normalized spacial score (nSPS) is 17.0. The molecule has 1 aromatic heterocycles. The first kappa shape index (κ1) is 20.7. The van der Waals surface area contributed by atoms with Gasteiger partial charge in [0.15, 0.2) is 0 Å². The van der Waals surface area contributed by atoms with Gasteiger partial charge < -0.3 is 15.0 Å². The topological polar surface area (TPSA) is 78.2 Å². The third-order valence-corrected chi connectivity index (χ3v) is 6.66. The third kappa shape index (κ3) is 4.77. The van der Waals surface area contributed by atoms with Crippen LogP contribution in [0, 0.1) is 11.3 Å². The Morgan fingerprint density at radius 2 is 1.97 bits per heavy atom. The Bertz CT molecular complexity index is 949. The molecule has 1 aromatic carbocycles. The van der Waals surface area contributed by atoms with Crippen LogP contribution in [0.5, 0.6) is 0 Å². The lowest BCUT2D eigenvalue weighted by Gasteiger charge is -2.28. The average molecular weight is 423 g/mol. The molecule has 1 fully saturated rings. The molecule has 2 heterocycles. The van der Waals surface area contributed by atoms with E-state index in [2.05, 4.69) is 16.3 Å².